The molecule has 0 saturated carbocycles. The van der Waals surface area contributed by atoms with Gasteiger partial charge in [-0.3, -0.25) is 0 Å². The van der Waals surface area contributed by atoms with E-state index in [4.69, 9.17) is 0 Å². The number of nitrogens with zero attached hydrogens (tertiary/aromatic N) is 1. The first-order valence-corrected chi connectivity index (χ1v) is 20.6. The highest BCUT2D eigenvalue weighted by atomic mass is 15.0. The highest BCUT2D eigenvalue weighted by Crippen LogP contribution is 2.62. The minimum Gasteiger partial charge on any atom is -0.309 e. The van der Waals surface area contributed by atoms with Gasteiger partial charge in [-0.05, 0) is 101 Å². The van der Waals surface area contributed by atoms with Crippen LogP contribution in [0.1, 0.15) is 38.9 Å². The molecule has 2 aliphatic rings. The Morgan fingerprint density at radius 1 is 0.305 bits per heavy atom. The molecular formula is C58H45N. The van der Waals surface area contributed by atoms with Gasteiger partial charge in [0, 0.05) is 16.5 Å². The summed E-state index contributed by atoms with van der Waals surface area (Å²) in [4.78, 5) is 0. The molecule has 0 fully saturated rings. The van der Waals surface area contributed by atoms with Crippen molar-refractivity contribution in [3.8, 4) is 39.1 Å². The van der Waals surface area contributed by atoms with Crippen molar-refractivity contribution in [3.63, 3.8) is 0 Å². The second-order valence-corrected chi connectivity index (χ2v) is 15.9. The normalized spacial score (nSPS) is 12.5. The number of aromatic nitrogens is 1. The Balaban J connectivity index is 0.000000255. The zero-order valence-corrected chi connectivity index (χ0v) is 33.7. The molecule has 0 N–H and O–H groups in total. The zero-order chi connectivity index (χ0) is 39.9. The number of benzene rings is 9. The number of hydrogen-bond donors (Lipinski definition) is 0. The molecule has 2 aliphatic carbocycles. The SMILES string of the molecule is Cc1cccc(-c2ccc3c4ccccc4n(-c4ccc5c(c4)-c4ccccc4C54c5ccccc5-c5ccccc54)c3c2)c1.Cc1ccccc1.Cc1ccccc1. The number of fused-ring (bicyclic) bond motifs is 13. The van der Waals surface area contributed by atoms with Crippen molar-refractivity contribution in [1.82, 2.24) is 4.57 Å². The fraction of sp³-hybridized carbons (Fsp3) is 0.0690. The summed E-state index contributed by atoms with van der Waals surface area (Å²) in [6.07, 6.45) is 0. The first-order valence-electron chi connectivity index (χ1n) is 20.6. The maximum absolute atomic E-state index is 2.47. The number of aryl methyl sites for hydroxylation is 3. The molecule has 0 amide bonds. The van der Waals surface area contributed by atoms with E-state index in [-0.39, 0.29) is 5.41 Å². The van der Waals surface area contributed by atoms with Gasteiger partial charge in [0.25, 0.3) is 0 Å². The minimum absolute atomic E-state index is 0.323. The maximum Gasteiger partial charge on any atom is 0.0725 e. The van der Waals surface area contributed by atoms with Gasteiger partial charge < -0.3 is 4.57 Å². The molecule has 1 heterocycles. The van der Waals surface area contributed by atoms with Crippen molar-refractivity contribution < 1.29 is 0 Å². The van der Waals surface area contributed by atoms with E-state index >= 15 is 0 Å². The van der Waals surface area contributed by atoms with Crippen molar-refractivity contribution in [3.05, 3.63) is 257 Å². The van der Waals surface area contributed by atoms with Gasteiger partial charge in [0.05, 0.1) is 16.4 Å². The summed E-state index contributed by atoms with van der Waals surface area (Å²) in [6.45, 7) is 6.33. The lowest BCUT2D eigenvalue weighted by Crippen LogP contribution is -2.25. The highest BCUT2D eigenvalue weighted by molar-refractivity contribution is 6.10. The third-order valence-electron chi connectivity index (χ3n) is 12.1. The summed E-state index contributed by atoms with van der Waals surface area (Å²) in [7, 11) is 0. The lowest BCUT2D eigenvalue weighted by atomic mass is 9.70. The van der Waals surface area contributed by atoms with Gasteiger partial charge in [0.1, 0.15) is 0 Å². The van der Waals surface area contributed by atoms with Crippen LogP contribution in [0, 0.1) is 20.8 Å². The second-order valence-electron chi connectivity index (χ2n) is 15.9. The number of para-hydroxylation sites is 1. The van der Waals surface area contributed by atoms with Gasteiger partial charge in [-0.15, -0.1) is 0 Å². The molecule has 1 nitrogen and oxygen atoms in total. The van der Waals surface area contributed by atoms with Crippen LogP contribution in [0.2, 0.25) is 0 Å². The summed E-state index contributed by atoms with van der Waals surface area (Å²) in [6, 6.07) is 79.4. The molecule has 0 aliphatic heterocycles. The number of hydrogen-bond acceptors (Lipinski definition) is 0. The van der Waals surface area contributed by atoms with Crippen molar-refractivity contribution in [2.75, 3.05) is 0 Å². The molecule has 0 saturated heterocycles. The van der Waals surface area contributed by atoms with Crippen LogP contribution >= 0.6 is 0 Å². The first kappa shape index (κ1) is 36.1. The smallest absolute Gasteiger partial charge is 0.0725 e. The Bertz CT molecular complexity index is 3050. The summed E-state index contributed by atoms with van der Waals surface area (Å²) in [5.74, 6) is 0. The molecule has 0 unspecified atom stereocenters. The Labute approximate surface area is 347 Å². The van der Waals surface area contributed by atoms with Crippen LogP contribution in [0.5, 0.6) is 0 Å². The fourth-order valence-corrected chi connectivity index (χ4v) is 9.55. The Kier molecular flexibility index (Phi) is 9.15. The number of rotatable bonds is 2. The van der Waals surface area contributed by atoms with E-state index in [0.717, 1.165) is 0 Å². The Morgan fingerprint density at radius 2 is 0.780 bits per heavy atom. The van der Waals surface area contributed by atoms with Crippen molar-refractivity contribution in [1.29, 1.82) is 0 Å². The van der Waals surface area contributed by atoms with Crippen LogP contribution in [0.15, 0.2) is 218 Å². The lowest BCUT2D eigenvalue weighted by Gasteiger charge is -2.30. The first-order chi connectivity index (χ1) is 29.0. The molecular weight excluding hydrogens is 711 g/mol. The predicted molar refractivity (Wildman–Crippen MR) is 250 cm³/mol. The summed E-state index contributed by atoms with van der Waals surface area (Å²) < 4.78 is 2.47. The topological polar surface area (TPSA) is 4.93 Å². The molecule has 10 aromatic rings. The molecule has 1 aromatic heterocycles. The minimum atomic E-state index is -0.323. The average molecular weight is 756 g/mol. The standard InChI is InChI=1S/C44H29N.2C7H8/c1-28-11-10-12-29(25-28)30-21-23-36-35-16-5-9-20-42(35)45(43(36)26-30)31-22-24-41-37(27-31)34-15-4-8-19-40(34)44(41)38-17-6-2-13-32(38)33-14-3-7-18-39(33)44;2*1-7-5-3-2-4-6-7/h2-27H,1H3;2*2-6H,1H3. The molecule has 1 spiro atoms. The van der Waals surface area contributed by atoms with Crippen LogP contribution < -0.4 is 0 Å². The van der Waals surface area contributed by atoms with Crippen LogP contribution in [-0.2, 0) is 5.41 Å². The quantitative estimate of drug-likeness (QED) is 0.166. The van der Waals surface area contributed by atoms with E-state index in [1.807, 2.05) is 36.4 Å². The Morgan fingerprint density at radius 3 is 1.36 bits per heavy atom. The molecule has 12 rings (SSSR count). The van der Waals surface area contributed by atoms with Crippen molar-refractivity contribution in [2.45, 2.75) is 26.2 Å². The molecule has 9 aromatic carbocycles. The molecule has 282 valence electrons. The molecule has 0 bridgehead atoms. The summed E-state index contributed by atoms with van der Waals surface area (Å²) in [5.41, 5.74) is 20.5. The summed E-state index contributed by atoms with van der Waals surface area (Å²) in [5, 5.41) is 2.55. The van der Waals surface area contributed by atoms with Crippen molar-refractivity contribution in [2.24, 2.45) is 0 Å². The van der Waals surface area contributed by atoms with Gasteiger partial charge in [-0.2, -0.15) is 0 Å². The highest BCUT2D eigenvalue weighted by Gasteiger charge is 2.51. The lowest BCUT2D eigenvalue weighted by molar-refractivity contribution is 0.793. The third kappa shape index (κ3) is 6.10. The van der Waals surface area contributed by atoms with E-state index in [0.29, 0.717) is 0 Å². The molecule has 1 heteroatoms. The fourth-order valence-electron chi connectivity index (χ4n) is 9.55. The van der Waals surface area contributed by atoms with E-state index in [9.17, 15) is 0 Å². The largest absolute Gasteiger partial charge is 0.309 e. The summed E-state index contributed by atoms with van der Waals surface area (Å²) >= 11 is 0. The van der Waals surface area contributed by atoms with E-state index in [2.05, 4.69) is 207 Å². The van der Waals surface area contributed by atoms with Crippen LogP contribution in [0.3, 0.4) is 0 Å². The monoisotopic (exact) mass is 755 g/mol. The maximum atomic E-state index is 2.47. The zero-order valence-electron chi connectivity index (χ0n) is 33.7. The van der Waals surface area contributed by atoms with Gasteiger partial charge in [-0.1, -0.05) is 211 Å². The molecule has 0 atom stereocenters. The van der Waals surface area contributed by atoms with Crippen LogP contribution in [0.4, 0.5) is 0 Å². The molecule has 59 heavy (non-hydrogen) atoms. The third-order valence-corrected chi connectivity index (χ3v) is 12.1. The van der Waals surface area contributed by atoms with Gasteiger partial charge in [0.2, 0.25) is 0 Å². The van der Waals surface area contributed by atoms with E-state index in [1.165, 1.54) is 99.8 Å². The second kappa shape index (κ2) is 14.9. The van der Waals surface area contributed by atoms with E-state index < -0.39 is 0 Å². The van der Waals surface area contributed by atoms with Gasteiger partial charge in [0.15, 0.2) is 0 Å². The van der Waals surface area contributed by atoms with Gasteiger partial charge >= 0.3 is 0 Å². The Hall–Kier alpha value is -7.22. The van der Waals surface area contributed by atoms with Crippen LogP contribution in [-0.4, -0.2) is 4.57 Å². The van der Waals surface area contributed by atoms with Crippen LogP contribution in [0.25, 0.3) is 60.9 Å². The molecule has 0 radical (unpaired) electrons. The average Bonchev–Trinajstić information content (AvgIpc) is 3.89. The van der Waals surface area contributed by atoms with Crippen molar-refractivity contribution >= 4 is 21.8 Å². The van der Waals surface area contributed by atoms with E-state index in [1.54, 1.807) is 0 Å². The predicted octanol–water partition coefficient (Wildman–Crippen LogP) is 15.1. The van der Waals surface area contributed by atoms with Gasteiger partial charge in [-0.25, -0.2) is 0 Å².